The molecule has 3 nitrogen and oxygen atoms in total. The number of nitrogens with one attached hydrogen (secondary N) is 1. The van der Waals surface area contributed by atoms with E-state index in [1.165, 1.54) is 30.3 Å². The van der Waals surface area contributed by atoms with Crippen molar-refractivity contribution >= 4 is 11.6 Å². The van der Waals surface area contributed by atoms with Crippen LogP contribution in [0.2, 0.25) is 0 Å². The van der Waals surface area contributed by atoms with Crippen LogP contribution in [0.1, 0.15) is 15.9 Å². The van der Waals surface area contributed by atoms with Crippen molar-refractivity contribution in [3.8, 4) is 0 Å². The molecule has 0 aliphatic carbocycles. The van der Waals surface area contributed by atoms with Crippen LogP contribution in [0.25, 0.3) is 0 Å². The highest BCUT2D eigenvalue weighted by Gasteiger charge is 2.12. The van der Waals surface area contributed by atoms with Crippen molar-refractivity contribution in [1.29, 1.82) is 0 Å². The maximum Gasteiger partial charge on any atom is 0.250 e. The predicted octanol–water partition coefficient (Wildman–Crippen LogP) is 2.68. The third-order valence-corrected chi connectivity index (χ3v) is 2.66. The van der Waals surface area contributed by atoms with Gasteiger partial charge in [-0.05, 0) is 29.8 Å². The highest BCUT2D eigenvalue weighted by molar-refractivity contribution is 5.98. The monoisotopic (exact) mass is 262 g/mol. The first-order valence-corrected chi connectivity index (χ1v) is 5.64. The number of hydrogen-bond donors (Lipinski definition) is 2. The third-order valence-electron chi connectivity index (χ3n) is 2.66. The Balaban J connectivity index is 2.19. The van der Waals surface area contributed by atoms with Gasteiger partial charge in [-0.25, -0.2) is 8.78 Å². The number of anilines is 1. The van der Waals surface area contributed by atoms with Crippen LogP contribution in [0.3, 0.4) is 0 Å². The molecule has 0 aliphatic rings. The standard InChI is InChI=1S/C14H12F2N2O/c15-10-6-4-9(5-7-10)8-18-13-11(14(17)19)2-1-3-12(13)16/h1-7,18H,8H2,(H2,17,19). The Bertz CT molecular complexity index is 597. The number of hydrogen-bond acceptors (Lipinski definition) is 2. The van der Waals surface area contributed by atoms with Gasteiger partial charge in [-0.3, -0.25) is 4.79 Å². The lowest BCUT2D eigenvalue weighted by molar-refractivity contribution is 0.100. The molecule has 0 bridgehead atoms. The molecule has 2 aromatic rings. The highest BCUT2D eigenvalue weighted by atomic mass is 19.1. The van der Waals surface area contributed by atoms with Gasteiger partial charge in [0.2, 0.25) is 0 Å². The average Bonchev–Trinajstić information content (AvgIpc) is 2.39. The Hall–Kier alpha value is -2.43. The lowest BCUT2D eigenvalue weighted by atomic mass is 10.1. The number of para-hydroxylation sites is 1. The first kappa shape index (κ1) is 13.0. The van der Waals surface area contributed by atoms with Crippen LogP contribution in [-0.2, 0) is 6.54 Å². The van der Waals surface area contributed by atoms with E-state index in [-0.39, 0.29) is 23.6 Å². The molecule has 0 saturated heterocycles. The molecule has 0 aromatic heterocycles. The van der Waals surface area contributed by atoms with Gasteiger partial charge in [0.25, 0.3) is 5.91 Å². The Morgan fingerprint density at radius 1 is 1.11 bits per heavy atom. The molecule has 0 heterocycles. The zero-order valence-corrected chi connectivity index (χ0v) is 9.99. The molecule has 0 unspecified atom stereocenters. The highest BCUT2D eigenvalue weighted by Crippen LogP contribution is 2.20. The largest absolute Gasteiger partial charge is 0.378 e. The van der Waals surface area contributed by atoms with Crippen molar-refractivity contribution < 1.29 is 13.6 Å². The quantitative estimate of drug-likeness (QED) is 0.890. The second-order valence-corrected chi connectivity index (χ2v) is 4.01. The molecule has 0 atom stereocenters. The van der Waals surface area contributed by atoms with Gasteiger partial charge in [-0.2, -0.15) is 0 Å². The fourth-order valence-electron chi connectivity index (χ4n) is 1.70. The predicted molar refractivity (Wildman–Crippen MR) is 68.6 cm³/mol. The summed E-state index contributed by atoms with van der Waals surface area (Å²) >= 11 is 0. The zero-order chi connectivity index (χ0) is 13.8. The summed E-state index contributed by atoms with van der Waals surface area (Å²) in [5.74, 6) is -1.60. The van der Waals surface area contributed by atoms with Crippen molar-refractivity contribution in [1.82, 2.24) is 0 Å². The number of primary amides is 1. The van der Waals surface area contributed by atoms with E-state index in [1.807, 2.05) is 0 Å². The summed E-state index contributed by atoms with van der Waals surface area (Å²) in [6, 6.07) is 9.87. The molecule has 0 fully saturated rings. The topological polar surface area (TPSA) is 55.1 Å². The van der Waals surface area contributed by atoms with Crippen LogP contribution in [0, 0.1) is 11.6 Å². The minimum Gasteiger partial charge on any atom is -0.378 e. The fraction of sp³-hybridized carbons (Fsp3) is 0.0714. The number of halogens is 2. The number of amides is 1. The van der Waals surface area contributed by atoms with Crippen molar-refractivity contribution in [3.05, 3.63) is 65.2 Å². The lowest BCUT2D eigenvalue weighted by Gasteiger charge is -2.11. The number of carbonyl (C=O) groups excluding carboxylic acids is 1. The van der Waals surface area contributed by atoms with Gasteiger partial charge in [0, 0.05) is 6.54 Å². The third kappa shape index (κ3) is 3.07. The first-order valence-electron chi connectivity index (χ1n) is 5.64. The number of nitrogens with two attached hydrogens (primary N) is 1. The molecule has 3 N–H and O–H groups in total. The van der Waals surface area contributed by atoms with E-state index in [1.54, 1.807) is 12.1 Å². The van der Waals surface area contributed by atoms with Gasteiger partial charge in [-0.15, -0.1) is 0 Å². The summed E-state index contributed by atoms with van der Waals surface area (Å²) < 4.78 is 26.4. The van der Waals surface area contributed by atoms with Crippen LogP contribution in [-0.4, -0.2) is 5.91 Å². The molecule has 2 rings (SSSR count). The van der Waals surface area contributed by atoms with Crippen molar-refractivity contribution in [2.45, 2.75) is 6.54 Å². The first-order chi connectivity index (χ1) is 9.08. The summed E-state index contributed by atoms with van der Waals surface area (Å²) in [4.78, 5) is 11.2. The molecular weight excluding hydrogens is 250 g/mol. The van der Waals surface area contributed by atoms with Crippen LogP contribution < -0.4 is 11.1 Å². The lowest BCUT2D eigenvalue weighted by Crippen LogP contribution is -2.15. The molecule has 0 saturated carbocycles. The molecule has 98 valence electrons. The van der Waals surface area contributed by atoms with Gasteiger partial charge >= 0.3 is 0 Å². The normalized spacial score (nSPS) is 10.2. The zero-order valence-electron chi connectivity index (χ0n) is 9.99. The molecular formula is C14H12F2N2O. The average molecular weight is 262 g/mol. The maximum atomic E-state index is 13.6. The molecule has 2 aromatic carbocycles. The number of rotatable bonds is 4. The van der Waals surface area contributed by atoms with E-state index in [0.29, 0.717) is 0 Å². The summed E-state index contributed by atoms with van der Waals surface area (Å²) in [6.45, 7) is 0.265. The van der Waals surface area contributed by atoms with Crippen LogP contribution in [0.15, 0.2) is 42.5 Å². The summed E-state index contributed by atoms with van der Waals surface area (Å²) in [5, 5.41) is 2.80. The second kappa shape index (κ2) is 5.48. The van der Waals surface area contributed by atoms with Gasteiger partial charge in [0.05, 0.1) is 11.3 Å². The van der Waals surface area contributed by atoms with E-state index < -0.39 is 11.7 Å². The summed E-state index contributed by atoms with van der Waals surface area (Å²) in [7, 11) is 0. The van der Waals surface area contributed by atoms with E-state index >= 15 is 0 Å². The maximum absolute atomic E-state index is 13.6. The molecule has 1 amide bonds. The van der Waals surface area contributed by atoms with Crippen LogP contribution in [0.5, 0.6) is 0 Å². The van der Waals surface area contributed by atoms with Crippen molar-refractivity contribution in [2.75, 3.05) is 5.32 Å². The van der Waals surface area contributed by atoms with E-state index in [2.05, 4.69) is 5.32 Å². The van der Waals surface area contributed by atoms with Crippen LogP contribution in [0.4, 0.5) is 14.5 Å². The Labute approximate surface area is 109 Å². The minimum atomic E-state index is -0.707. The fourth-order valence-corrected chi connectivity index (χ4v) is 1.70. The second-order valence-electron chi connectivity index (χ2n) is 4.01. The Morgan fingerprint density at radius 3 is 2.42 bits per heavy atom. The van der Waals surface area contributed by atoms with Crippen LogP contribution >= 0.6 is 0 Å². The molecule has 5 heteroatoms. The SMILES string of the molecule is NC(=O)c1cccc(F)c1NCc1ccc(F)cc1. The minimum absolute atomic E-state index is 0.0549. The number of benzene rings is 2. The molecule has 19 heavy (non-hydrogen) atoms. The van der Waals surface area contributed by atoms with Crippen molar-refractivity contribution in [3.63, 3.8) is 0 Å². The van der Waals surface area contributed by atoms with Gasteiger partial charge < -0.3 is 11.1 Å². The van der Waals surface area contributed by atoms with E-state index in [9.17, 15) is 13.6 Å². The van der Waals surface area contributed by atoms with Gasteiger partial charge in [0.1, 0.15) is 11.6 Å². The van der Waals surface area contributed by atoms with Crippen molar-refractivity contribution in [2.24, 2.45) is 5.73 Å². The smallest absolute Gasteiger partial charge is 0.250 e. The molecule has 0 spiro atoms. The Kier molecular flexibility index (Phi) is 3.75. The Morgan fingerprint density at radius 2 is 1.79 bits per heavy atom. The molecule has 0 aliphatic heterocycles. The summed E-state index contributed by atoms with van der Waals surface area (Å²) in [6.07, 6.45) is 0. The van der Waals surface area contributed by atoms with E-state index in [4.69, 9.17) is 5.73 Å². The number of carbonyl (C=O) groups is 1. The van der Waals surface area contributed by atoms with E-state index in [0.717, 1.165) is 5.56 Å². The summed E-state index contributed by atoms with van der Waals surface area (Å²) in [5.41, 5.74) is 6.08. The van der Waals surface area contributed by atoms with Gasteiger partial charge in [-0.1, -0.05) is 18.2 Å². The molecule has 0 radical (unpaired) electrons. The van der Waals surface area contributed by atoms with Gasteiger partial charge in [0.15, 0.2) is 0 Å².